The highest BCUT2D eigenvalue weighted by molar-refractivity contribution is 7.96. The molecular weight excluding hydrogens is 621 g/mol. The Hall–Kier alpha value is -4.93. The van der Waals surface area contributed by atoms with Crippen LogP contribution in [0.3, 0.4) is 0 Å². The van der Waals surface area contributed by atoms with Crippen molar-refractivity contribution < 1.29 is 14.3 Å². The molecule has 1 fully saturated rings. The van der Waals surface area contributed by atoms with Gasteiger partial charge >= 0.3 is 5.97 Å². The summed E-state index contributed by atoms with van der Waals surface area (Å²) in [7, 11) is 0. The molecule has 1 aliphatic heterocycles. The SMILES string of the molecule is Cc1cc(C)nc(C(C=C=S)C2CC(=O)N2C(C(=O)OCc2ccccc2)=P(c2ccccc2)(c2ccccc2)c2ccccc2)n1. The normalized spacial score (nSPS) is 14.8. The maximum absolute atomic E-state index is 14.9. The van der Waals surface area contributed by atoms with Crippen LogP contribution in [0.1, 0.15) is 35.1 Å². The van der Waals surface area contributed by atoms with Crippen molar-refractivity contribution in [2.45, 2.75) is 38.8 Å². The second kappa shape index (κ2) is 14.2. The number of esters is 1. The molecule has 4 aromatic carbocycles. The van der Waals surface area contributed by atoms with Gasteiger partial charge in [-0.1, -0.05) is 121 Å². The van der Waals surface area contributed by atoms with Gasteiger partial charge in [-0.25, -0.2) is 14.8 Å². The zero-order chi connectivity index (χ0) is 32.8. The van der Waals surface area contributed by atoms with Gasteiger partial charge in [-0.15, -0.1) is 0 Å². The molecule has 2 unspecified atom stereocenters. The molecule has 0 N–H and O–H groups in total. The Morgan fingerprint density at radius 3 is 1.77 bits per heavy atom. The number of β-lactam (4-membered cyclic amide) rings is 1. The second-order valence-electron chi connectivity index (χ2n) is 11.4. The first-order valence-electron chi connectivity index (χ1n) is 15.4. The van der Waals surface area contributed by atoms with Gasteiger partial charge in [-0.3, -0.25) is 4.79 Å². The molecule has 1 aromatic heterocycles. The van der Waals surface area contributed by atoms with Crippen molar-refractivity contribution in [2.24, 2.45) is 0 Å². The molecule has 0 aliphatic carbocycles. The van der Waals surface area contributed by atoms with Crippen LogP contribution in [0.4, 0.5) is 0 Å². The number of thiocarbonyl (C=S) groups is 1. The Balaban J connectivity index is 1.68. The highest BCUT2D eigenvalue weighted by atomic mass is 32.1. The fourth-order valence-corrected chi connectivity index (χ4v) is 10.8. The lowest BCUT2D eigenvalue weighted by Crippen LogP contribution is -2.61. The molecule has 6 nitrogen and oxygen atoms in total. The minimum absolute atomic E-state index is 0.0533. The molecule has 1 amide bonds. The summed E-state index contributed by atoms with van der Waals surface area (Å²) in [5.74, 6) is -0.698. The minimum Gasteiger partial charge on any atom is -0.456 e. The molecule has 47 heavy (non-hydrogen) atoms. The summed E-state index contributed by atoms with van der Waals surface area (Å²) in [4.78, 5) is 40.2. The lowest BCUT2D eigenvalue weighted by Gasteiger charge is -2.47. The van der Waals surface area contributed by atoms with Crippen LogP contribution in [0.5, 0.6) is 0 Å². The van der Waals surface area contributed by atoms with E-state index >= 15 is 0 Å². The van der Waals surface area contributed by atoms with Gasteiger partial charge in [-0.2, -0.15) is 0 Å². The maximum Gasteiger partial charge on any atom is 0.356 e. The van der Waals surface area contributed by atoms with E-state index in [1.807, 2.05) is 141 Å². The zero-order valence-electron chi connectivity index (χ0n) is 26.2. The molecule has 1 aliphatic rings. The van der Waals surface area contributed by atoms with Crippen molar-refractivity contribution in [1.29, 1.82) is 0 Å². The lowest BCUT2D eigenvalue weighted by atomic mass is 9.87. The van der Waals surface area contributed by atoms with Crippen molar-refractivity contribution in [2.75, 3.05) is 0 Å². The Bertz CT molecular complexity index is 1870. The van der Waals surface area contributed by atoms with E-state index in [1.165, 1.54) is 0 Å². The van der Waals surface area contributed by atoms with Gasteiger partial charge < -0.3 is 9.64 Å². The second-order valence-corrected chi connectivity index (χ2v) is 15.0. The average Bonchev–Trinajstić information content (AvgIpc) is 3.10. The molecule has 0 radical (unpaired) electrons. The molecule has 5 aromatic rings. The van der Waals surface area contributed by atoms with Crippen molar-refractivity contribution in [3.05, 3.63) is 156 Å². The number of carbonyl (C=O) groups is 2. The molecule has 1 saturated heterocycles. The number of benzene rings is 4. The van der Waals surface area contributed by atoms with Crippen molar-refractivity contribution in [3.63, 3.8) is 0 Å². The number of aromatic nitrogens is 2. The van der Waals surface area contributed by atoms with Gasteiger partial charge in [-0.05, 0) is 64.7 Å². The number of hydrogen-bond acceptors (Lipinski definition) is 6. The summed E-state index contributed by atoms with van der Waals surface area (Å²) < 4.78 is 6.18. The highest BCUT2D eigenvalue weighted by Gasteiger charge is 2.50. The number of rotatable bonds is 10. The predicted octanol–water partition coefficient (Wildman–Crippen LogP) is 5.80. The number of amides is 1. The number of nitrogens with zero attached hydrogens (tertiary/aromatic N) is 3. The van der Waals surface area contributed by atoms with E-state index < -0.39 is 24.8 Å². The molecule has 8 heteroatoms. The summed E-state index contributed by atoms with van der Waals surface area (Å²) >= 11 is 5.21. The van der Waals surface area contributed by atoms with Gasteiger partial charge in [0.05, 0.1) is 12.0 Å². The Kier molecular flexibility index (Phi) is 9.70. The van der Waals surface area contributed by atoms with E-state index in [0.717, 1.165) is 32.9 Å². The molecule has 0 spiro atoms. The van der Waals surface area contributed by atoms with Crippen LogP contribution < -0.4 is 15.9 Å². The molecule has 0 saturated carbocycles. The minimum atomic E-state index is -3.06. The van der Waals surface area contributed by atoms with E-state index in [4.69, 9.17) is 26.9 Å². The fraction of sp³-hybridized carbons (Fsp3) is 0.154. The number of likely N-dealkylation sites (tertiary alicyclic amines) is 1. The first kappa shape index (κ1) is 32.0. The number of carbonyl (C=O) groups excluding carboxylic acids is 2. The van der Waals surface area contributed by atoms with Gasteiger partial charge in [0.2, 0.25) is 5.91 Å². The van der Waals surface area contributed by atoms with Crippen LogP contribution in [0.25, 0.3) is 0 Å². The molecule has 0 bridgehead atoms. The van der Waals surface area contributed by atoms with Gasteiger partial charge in [0.25, 0.3) is 0 Å². The molecule has 234 valence electrons. The largest absolute Gasteiger partial charge is 0.456 e. The summed E-state index contributed by atoms with van der Waals surface area (Å²) in [5, 5.41) is 5.53. The molecule has 6 rings (SSSR count). The maximum atomic E-state index is 14.9. The van der Waals surface area contributed by atoms with Crippen LogP contribution in [0.2, 0.25) is 0 Å². The molecular formula is C39H34N3O3PS. The Morgan fingerprint density at radius 2 is 1.32 bits per heavy atom. The van der Waals surface area contributed by atoms with Crippen molar-refractivity contribution in [3.8, 4) is 0 Å². The first-order chi connectivity index (χ1) is 22.9. The van der Waals surface area contributed by atoms with Gasteiger partial charge in [0.1, 0.15) is 17.8 Å². The van der Waals surface area contributed by atoms with Gasteiger partial charge in [0.15, 0.2) is 0 Å². The van der Waals surface area contributed by atoms with E-state index in [-0.39, 0.29) is 18.9 Å². The van der Waals surface area contributed by atoms with Crippen LogP contribution in [-0.2, 0) is 20.9 Å². The quantitative estimate of drug-likeness (QED) is 0.0820. The van der Waals surface area contributed by atoms with Crippen LogP contribution in [-0.4, -0.2) is 43.2 Å². The predicted molar refractivity (Wildman–Crippen MR) is 193 cm³/mol. The average molecular weight is 656 g/mol. The van der Waals surface area contributed by atoms with Crippen molar-refractivity contribution in [1.82, 2.24) is 14.9 Å². The number of hydrogen-bond donors (Lipinski definition) is 0. The standard InChI is InChI=1S/C39H34N3O3PS/c1-28-25-29(2)41-37(40-28)34(23-24-47)35-26-36(43)42(35)38(39(44)45-27-30-15-7-3-8-16-30)46(31-17-9-4-10-18-31,32-19-11-5-12-20-32)33-21-13-6-14-22-33/h3-23,25,34-35H,26-27H2,1-2H3. The number of aryl methyl sites for hydroxylation is 2. The van der Waals surface area contributed by atoms with Gasteiger partial charge in [0, 0.05) is 24.7 Å². The summed E-state index contributed by atoms with van der Waals surface area (Å²) in [6.45, 7) is 0.817. The molecule has 2 atom stereocenters. The van der Waals surface area contributed by atoms with E-state index in [0.29, 0.717) is 11.2 Å². The number of ether oxygens (including phenoxy) is 1. The Labute approximate surface area is 280 Å². The fourth-order valence-electron chi connectivity index (χ4n) is 6.29. The van der Waals surface area contributed by atoms with Crippen LogP contribution in [0.15, 0.2) is 133 Å². The molecule has 2 heterocycles. The third kappa shape index (κ3) is 6.39. The lowest BCUT2D eigenvalue weighted by molar-refractivity contribution is -0.145. The third-order valence-electron chi connectivity index (χ3n) is 8.32. The van der Waals surface area contributed by atoms with Crippen LogP contribution in [0, 0.1) is 13.8 Å². The monoisotopic (exact) mass is 655 g/mol. The topological polar surface area (TPSA) is 72.4 Å². The smallest absolute Gasteiger partial charge is 0.356 e. The highest BCUT2D eigenvalue weighted by Crippen LogP contribution is 2.49. The van der Waals surface area contributed by atoms with Crippen molar-refractivity contribution >= 4 is 57.3 Å². The summed E-state index contributed by atoms with van der Waals surface area (Å²) in [6.07, 6.45) is 1.91. The van der Waals surface area contributed by atoms with E-state index in [9.17, 15) is 9.59 Å². The Morgan fingerprint density at radius 1 is 0.851 bits per heavy atom. The summed E-state index contributed by atoms with van der Waals surface area (Å²) in [6, 6.07) is 40.9. The first-order valence-corrected chi connectivity index (χ1v) is 17.6. The van der Waals surface area contributed by atoms with Crippen LogP contribution >= 0.6 is 19.1 Å². The summed E-state index contributed by atoms with van der Waals surface area (Å²) in [5.41, 5.74) is 2.77. The van der Waals surface area contributed by atoms with E-state index in [1.54, 1.807) is 11.0 Å². The third-order valence-corrected chi connectivity index (χ3v) is 12.7. The van der Waals surface area contributed by atoms with E-state index in [2.05, 4.69) is 5.02 Å². The zero-order valence-corrected chi connectivity index (χ0v) is 27.9.